The molecule has 4 aliphatic rings. The fraction of sp³-hybridized carbons (Fsp3) is 0.556. The molecule has 26 heavy (non-hydrogen) atoms. The van der Waals surface area contributed by atoms with Crippen LogP contribution in [0.5, 0.6) is 11.5 Å². The van der Waals surface area contributed by atoms with Gasteiger partial charge in [0.25, 0.3) is 0 Å². The number of aliphatic hydroxyl groups is 1. The molecule has 3 bridgehead atoms. The number of hydrogen-bond donors (Lipinski definition) is 2. The highest BCUT2D eigenvalue weighted by molar-refractivity contribution is 5.99. The zero-order chi connectivity index (χ0) is 18.7. The second-order valence-electron chi connectivity index (χ2n) is 7.86. The summed E-state index contributed by atoms with van der Waals surface area (Å²) in [6.45, 7) is 3.35. The summed E-state index contributed by atoms with van der Waals surface area (Å²) in [4.78, 5) is 25.3. The Balaban J connectivity index is 1.89. The number of ether oxygens (including phenoxy) is 4. The zero-order valence-electron chi connectivity index (χ0n) is 14.5. The number of Topliss-reactive ketones (excluding diaryl/α,β-unsaturated/α-hetero) is 1. The summed E-state index contributed by atoms with van der Waals surface area (Å²) in [6, 6.07) is 2.87. The Morgan fingerprint density at radius 2 is 1.96 bits per heavy atom. The van der Waals surface area contributed by atoms with Gasteiger partial charge in [0.15, 0.2) is 28.9 Å². The van der Waals surface area contributed by atoms with E-state index in [0.29, 0.717) is 11.3 Å². The Bertz CT molecular complexity index is 895. The molecular weight excluding hydrogens is 344 g/mol. The predicted octanol–water partition coefficient (Wildman–Crippen LogP) is 0.764. The van der Waals surface area contributed by atoms with Crippen molar-refractivity contribution >= 4 is 11.8 Å². The van der Waals surface area contributed by atoms with Gasteiger partial charge in [-0.1, -0.05) is 0 Å². The van der Waals surface area contributed by atoms with Crippen molar-refractivity contribution in [2.75, 3.05) is 7.11 Å². The van der Waals surface area contributed by atoms with Crippen LogP contribution in [0.4, 0.5) is 0 Å². The van der Waals surface area contributed by atoms with Gasteiger partial charge in [-0.15, -0.1) is 0 Å². The van der Waals surface area contributed by atoms with Crippen molar-refractivity contribution in [3.8, 4) is 11.5 Å². The Hall–Kier alpha value is -2.16. The van der Waals surface area contributed by atoms with Crippen molar-refractivity contribution in [3.05, 3.63) is 23.3 Å². The summed E-state index contributed by atoms with van der Waals surface area (Å²) in [5.74, 6) is -2.52. The lowest BCUT2D eigenvalue weighted by Crippen LogP contribution is -2.75. The third-order valence-electron chi connectivity index (χ3n) is 6.13. The average molecular weight is 362 g/mol. The number of fused-ring (bicyclic) bond motifs is 2. The number of benzene rings is 1. The van der Waals surface area contributed by atoms with Gasteiger partial charge in [-0.2, -0.15) is 0 Å². The van der Waals surface area contributed by atoms with Gasteiger partial charge in [-0.05, 0) is 19.9 Å². The SMILES string of the molecule is COc1cc(O)c2c(c1)[C@@]13O[C@]4(C)C[C@@](O)(C(=O)CC1(C)O4)[C@H]3OC2=O. The second kappa shape index (κ2) is 4.21. The molecule has 2 saturated heterocycles. The van der Waals surface area contributed by atoms with Crippen LogP contribution in [-0.4, -0.2) is 52.2 Å². The first-order chi connectivity index (χ1) is 12.1. The van der Waals surface area contributed by atoms with Crippen molar-refractivity contribution in [2.45, 2.75) is 55.4 Å². The standard InChI is InChI=1S/C18H18O8/c1-15-6-11(20)17(22)7-16(2,25-15)26-18(15)9-4-8(23-3)5-10(19)12(9)13(21)24-14(17)18/h4-5,14,19,22H,6-7H2,1-3H3/t14-,15?,16-,17-,18+/m1/s1. The number of ketones is 1. The molecule has 8 nitrogen and oxygen atoms in total. The molecule has 1 aliphatic carbocycles. The van der Waals surface area contributed by atoms with E-state index in [0.717, 1.165) is 0 Å². The van der Waals surface area contributed by atoms with Crippen LogP contribution in [-0.2, 0) is 24.6 Å². The number of esters is 1. The first kappa shape index (κ1) is 16.0. The lowest BCUT2D eigenvalue weighted by Gasteiger charge is -2.57. The van der Waals surface area contributed by atoms with Crippen molar-refractivity contribution < 1.29 is 38.7 Å². The van der Waals surface area contributed by atoms with Gasteiger partial charge in [0, 0.05) is 24.5 Å². The molecule has 0 radical (unpaired) electrons. The zero-order valence-corrected chi connectivity index (χ0v) is 14.5. The Morgan fingerprint density at radius 1 is 1.23 bits per heavy atom. The summed E-state index contributed by atoms with van der Waals surface area (Å²) >= 11 is 0. The van der Waals surface area contributed by atoms with Gasteiger partial charge in [-0.25, -0.2) is 4.79 Å². The summed E-state index contributed by atoms with van der Waals surface area (Å²) in [6.07, 6.45) is -1.52. The molecule has 3 heterocycles. The van der Waals surface area contributed by atoms with E-state index in [1.54, 1.807) is 19.9 Å². The highest BCUT2D eigenvalue weighted by Gasteiger charge is 2.83. The topological polar surface area (TPSA) is 112 Å². The maximum absolute atomic E-state index is 12.7. The number of carbonyl (C=O) groups excluding carboxylic acids is 2. The molecule has 5 atom stereocenters. The molecule has 1 saturated carbocycles. The monoisotopic (exact) mass is 362 g/mol. The highest BCUT2D eigenvalue weighted by Crippen LogP contribution is 2.68. The third-order valence-corrected chi connectivity index (χ3v) is 6.13. The molecule has 0 aromatic heterocycles. The maximum atomic E-state index is 12.7. The van der Waals surface area contributed by atoms with Crippen molar-refractivity contribution in [3.63, 3.8) is 0 Å². The minimum atomic E-state index is -1.92. The van der Waals surface area contributed by atoms with Gasteiger partial charge in [0.05, 0.1) is 7.11 Å². The van der Waals surface area contributed by atoms with E-state index < -0.39 is 40.4 Å². The quantitative estimate of drug-likeness (QED) is 0.705. The number of phenols is 1. The van der Waals surface area contributed by atoms with Gasteiger partial charge in [0.1, 0.15) is 22.7 Å². The van der Waals surface area contributed by atoms with E-state index in [-0.39, 0.29) is 24.2 Å². The number of rotatable bonds is 1. The molecule has 5 rings (SSSR count). The molecule has 1 unspecified atom stereocenters. The molecule has 138 valence electrons. The van der Waals surface area contributed by atoms with E-state index in [4.69, 9.17) is 18.9 Å². The fourth-order valence-electron chi connectivity index (χ4n) is 5.27. The van der Waals surface area contributed by atoms with Gasteiger partial charge in [0.2, 0.25) is 0 Å². The highest BCUT2D eigenvalue weighted by atomic mass is 16.8. The van der Waals surface area contributed by atoms with Crippen LogP contribution in [0.3, 0.4) is 0 Å². The minimum Gasteiger partial charge on any atom is -0.507 e. The number of carbonyl (C=O) groups is 2. The number of hydrogen-bond acceptors (Lipinski definition) is 8. The van der Waals surface area contributed by atoms with Crippen molar-refractivity contribution in [1.82, 2.24) is 0 Å². The van der Waals surface area contributed by atoms with Crippen molar-refractivity contribution in [1.29, 1.82) is 0 Å². The summed E-state index contributed by atoms with van der Waals surface area (Å²) in [5, 5.41) is 21.6. The van der Waals surface area contributed by atoms with Gasteiger partial charge < -0.3 is 29.2 Å². The lowest BCUT2D eigenvalue weighted by molar-refractivity contribution is -0.293. The van der Waals surface area contributed by atoms with Crippen LogP contribution in [0, 0.1) is 0 Å². The van der Waals surface area contributed by atoms with E-state index in [2.05, 4.69) is 0 Å². The molecule has 1 aromatic rings. The van der Waals surface area contributed by atoms with Crippen LogP contribution in [0.25, 0.3) is 0 Å². The first-order valence-electron chi connectivity index (χ1n) is 8.37. The summed E-state index contributed by atoms with van der Waals surface area (Å²) < 4.78 is 23.1. The summed E-state index contributed by atoms with van der Waals surface area (Å²) in [7, 11) is 1.43. The molecule has 3 fully saturated rings. The number of methoxy groups -OCH3 is 1. The first-order valence-corrected chi connectivity index (χ1v) is 8.37. The average Bonchev–Trinajstić information content (AvgIpc) is 2.68. The van der Waals surface area contributed by atoms with Gasteiger partial charge in [-0.3, -0.25) is 4.79 Å². The summed E-state index contributed by atoms with van der Waals surface area (Å²) in [5.41, 5.74) is -4.31. The van der Waals surface area contributed by atoms with Crippen LogP contribution < -0.4 is 4.74 Å². The maximum Gasteiger partial charge on any atom is 0.342 e. The lowest BCUT2D eigenvalue weighted by atomic mass is 9.58. The van der Waals surface area contributed by atoms with Crippen molar-refractivity contribution in [2.24, 2.45) is 0 Å². The fourth-order valence-corrected chi connectivity index (χ4v) is 5.27. The molecule has 8 heteroatoms. The molecule has 1 aromatic carbocycles. The third kappa shape index (κ3) is 1.49. The number of phenolic OH excluding ortho intramolecular Hbond substituents is 1. The van der Waals surface area contributed by atoms with Crippen LogP contribution in [0.15, 0.2) is 12.1 Å². The number of aromatic hydroxyl groups is 1. The van der Waals surface area contributed by atoms with Crippen LogP contribution in [0.1, 0.15) is 42.6 Å². The smallest absolute Gasteiger partial charge is 0.342 e. The molecular formula is C18H18O8. The van der Waals surface area contributed by atoms with E-state index in [9.17, 15) is 19.8 Å². The minimum absolute atomic E-state index is 0.0697. The molecule has 0 amide bonds. The Morgan fingerprint density at radius 3 is 2.65 bits per heavy atom. The van der Waals surface area contributed by atoms with E-state index in [1.165, 1.54) is 13.2 Å². The Kier molecular flexibility index (Phi) is 2.60. The van der Waals surface area contributed by atoms with Crippen LogP contribution in [0.2, 0.25) is 0 Å². The van der Waals surface area contributed by atoms with Gasteiger partial charge >= 0.3 is 5.97 Å². The van der Waals surface area contributed by atoms with E-state index >= 15 is 0 Å². The normalized spacial score (nSPS) is 45.2. The molecule has 1 spiro atoms. The molecule has 2 N–H and O–H groups in total. The molecule has 3 aliphatic heterocycles. The second-order valence-corrected chi connectivity index (χ2v) is 7.86. The van der Waals surface area contributed by atoms with E-state index in [1.807, 2.05) is 0 Å². The van der Waals surface area contributed by atoms with Crippen LogP contribution >= 0.6 is 0 Å². The predicted molar refractivity (Wildman–Crippen MR) is 83.7 cm³/mol. The largest absolute Gasteiger partial charge is 0.507 e. The Labute approximate surface area is 148 Å².